The van der Waals surface area contributed by atoms with Crippen LogP contribution in [0.25, 0.3) is 0 Å². The third-order valence-electron chi connectivity index (χ3n) is 1.56. The standard InChI is InChI=1S/C9H8BrF3N4O/c10-6-2-1-5(4-16-17-8(14)15)3-7(6)18-9(11,12)13/h1-4H,(H4,14,15,17). The van der Waals surface area contributed by atoms with Gasteiger partial charge >= 0.3 is 6.36 Å². The Morgan fingerprint density at radius 1 is 1.33 bits per heavy atom. The van der Waals surface area contributed by atoms with Gasteiger partial charge in [0.05, 0.1) is 10.7 Å². The van der Waals surface area contributed by atoms with E-state index in [0.717, 1.165) is 6.07 Å². The number of rotatable bonds is 3. The van der Waals surface area contributed by atoms with E-state index in [1.807, 2.05) is 0 Å². The molecule has 1 rings (SSSR count). The Morgan fingerprint density at radius 3 is 2.56 bits per heavy atom. The Bertz CT molecular complexity index is 483. The Balaban J connectivity index is 2.94. The molecule has 18 heavy (non-hydrogen) atoms. The quantitative estimate of drug-likeness (QED) is 0.506. The molecular weight excluding hydrogens is 317 g/mol. The number of halogens is 4. The first kappa shape index (κ1) is 14.3. The molecule has 5 nitrogen and oxygen atoms in total. The van der Waals surface area contributed by atoms with Gasteiger partial charge in [-0.2, -0.15) is 5.10 Å². The van der Waals surface area contributed by atoms with E-state index < -0.39 is 6.36 Å². The van der Waals surface area contributed by atoms with Crippen molar-refractivity contribution in [3.63, 3.8) is 0 Å². The van der Waals surface area contributed by atoms with E-state index in [1.54, 1.807) is 0 Å². The average molecular weight is 325 g/mol. The molecule has 0 saturated carbocycles. The zero-order chi connectivity index (χ0) is 13.8. The number of nitrogens with zero attached hydrogens (tertiary/aromatic N) is 2. The predicted molar refractivity (Wildman–Crippen MR) is 64.2 cm³/mol. The molecule has 0 aliphatic carbocycles. The molecule has 0 spiro atoms. The highest BCUT2D eigenvalue weighted by atomic mass is 79.9. The zero-order valence-electron chi connectivity index (χ0n) is 8.78. The lowest BCUT2D eigenvalue weighted by atomic mass is 10.2. The molecule has 0 aliphatic heterocycles. The fourth-order valence-corrected chi connectivity index (χ4v) is 1.29. The molecule has 0 aromatic heterocycles. The molecule has 1 aromatic rings. The zero-order valence-corrected chi connectivity index (χ0v) is 10.4. The van der Waals surface area contributed by atoms with Crippen LogP contribution < -0.4 is 16.2 Å². The molecule has 0 unspecified atom stereocenters. The second-order valence-electron chi connectivity index (χ2n) is 3.01. The summed E-state index contributed by atoms with van der Waals surface area (Å²) in [6.07, 6.45) is -3.58. The first-order valence-electron chi connectivity index (χ1n) is 4.45. The van der Waals surface area contributed by atoms with Crippen molar-refractivity contribution in [2.45, 2.75) is 6.36 Å². The Labute approximate surface area is 108 Å². The van der Waals surface area contributed by atoms with Crippen molar-refractivity contribution in [2.24, 2.45) is 21.7 Å². The third kappa shape index (κ3) is 5.04. The van der Waals surface area contributed by atoms with Gasteiger partial charge in [0.15, 0.2) is 0 Å². The highest BCUT2D eigenvalue weighted by Crippen LogP contribution is 2.30. The normalized spacial score (nSPS) is 11.6. The minimum Gasteiger partial charge on any atom is -0.405 e. The predicted octanol–water partition coefficient (Wildman–Crippen LogP) is 1.95. The Morgan fingerprint density at radius 2 is 2.00 bits per heavy atom. The molecule has 0 heterocycles. The lowest BCUT2D eigenvalue weighted by molar-refractivity contribution is -0.274. The molecule has 4 N–H and O–H groups in total. The molecule has 0 saturated heterocycles. The van der Waals surface area contributed by atoms with Crippen LogP contribution in [0.3, 0.4) is 0 Å². The Hall–Kier alpha value is -1.77. The maximum Gasteiger partial charge on any atom is 0.573 e. The van der Waals surface area contributed by atoms with E-state index in [1.165, 1.54) is 18.3 Å². The molecule has 1 aromatic carbocycles. The first-order chi connectivity index (χ1) is 8.28. The smallest absolute Gasteiger partial charge is 0.405 e. The summed E-state index contributed by atoms with van der Waals surface area (Å²) < 4.78 is 40.2. The van der Waals surface area contributed by atoms with Crippen molar-refractivity contribution in [2.75, 3.05) is 0 Å². The van der Waals surface area contributed by atoms with Gasteiger partial charge in [0.1, 0.15) is 5.75 Å². The number of guanidine groups is 1. The van der Waals surface area contributed by atoms with Gasteiger partial charge in [-0.3, -0.25) is 0 Å². The topological polar surface area (TPSA) is 86.0 Å². The molecule has 0 radical (unpaired) electrons. The second-order valence-corrected chi connectivity index (χ2v) is 3.86. The summed E-state index contributed by atoms with van der Waals surface area (Å²) in [5.41, 5.74) is 10.4. The number of hydrogen-bond acceptors (Lipinski definition) is 3. The molecule has 0 fully saturated rings. The average Bonchev–Trinajstić information content (AvgIpc) is 2.20. The molecule has 9 heteroatoms. The number of alkyl halides is 3. The maximum absolute atomic E-state index is 12.1. The van der Waals surface area contributed by atoms with Crippen LogP contribution in [0.5, 0.6) is 5.75 Å². The summed E-state index contributed by atoms with van der Waals surface area (Å²) in [6, 6.07) is 4.04. The van der Waals surface area contributed by atoms with Crippen LogP contribution in [-0.4, -0.2) is 18.5 Å². The van der Waals surface area contributed by atoms with E-state index >= 15 is 0 Å². The van der Waals surface area contributed by atoms with Crippen LogP contribution in [-0.2, 0) is 0 Å². The monoisotopic (exact) mass is 324 g/mol. The molecule has 0 aliphatic rings. The van der Waals surface area contributed by atoms with Gasteiger partial charge in [-0.05, 0) is 33.6 Å². The van der Waals surface area contributed by atoms with Crippen LogP contribution in [0.15, 0.2) is 32.9 Å². The Kier molecular flexibility index (Phi) is 4.54. The fourth-order valence-electron chi connectivity index (χ4n) is 0.965. The van der Waals surface area contributed by atoms with Crippen molar-refractivity contribution >= 4 is 28.1 Å². The van der Waals surface area contributed by atoms with Gasteiger partial charge in [0.2, 0.25) is 5.96 Å². The van der Waals surface area contributed by atoms with E-state index in [0.29, 0.717) is 5.56 Å². The number of benzene rings is 1. The van der Waals surface area contributed by atoms with Gasteiger partial charge < -0.3 is 16.2 Å². The van der Waals surface area contributed by atoms with Gasteiger partial charge in [0, 0.05) is 0 Å². The van der Waals surface area contributed by atoms with Crippen LogP contribution in [0.2, 0.25) is 0 Å². The largest absolute Gasteiger partial charge is 0.573 e. The van der Waals surface area contributed by atoms with Crippen molar-refractivity contribution < 1.29 is 17.9 Å². The van der Waals surface area contributed by atoms with Crippen LogP contribution in [0.1, 0.15) is 5.56 Å². The molecule has 0 atom stereocenters. The van der Waals surface area contributed by atoms with Gasteiger partial charge in [-0.25, -0.2) is 0 Å². The minimum atomic E-state index is -4.77. The van der Waals surface area contributed by atoms with E-state index in [-0.39, 0.29) is 16.2 Å². The molecule has 0 bridgehead atoms. The van der Waals surface area contributed by atoms with E-state index in [9.17, 15) is 13.2 Å². The third-order valence-corrected chi connectivity index (χ3v) is 2.22. The first-order valence-corrected chi connectivity index (χ1v) is 5.24. The number of ether oxygens (including phenoxy) is 1. The highest BCUT2D eigenvalue weighted by Gasteiger charge is 2.31. The SMILES string of the molecule is NC(N)=NN=Cc1ccc(Br)c(OC(F)(F)F)c1. The number of hydrogen-bond donors (Lipinski definition) is 2. The van der Waals surface area contributed by atoms with Crippen LogP contribution in [0, 0.1) is 0 Å². The van der Waals surface area contributed by atoms with Crippen molar-refractivity contribution in [3.8, 4) is 5.75 Å². The van der Waals surface area contributed by atoms with Gasteiger partial charge in [-0.1, -0.05) is 6.07 Å². The fraction of sp³-hybridized carbons (Fsp3) is 0.111. The van der Waals surface area contributed by atoms with Crippen molar-refractivity contribution in [1.29, 1.82) is 0 Å². The van der Waals surface area contributed by atoms with Crippen LogP contribution in [0.4, 0.5) is 13.2 Å². The summed E-state index contributed by atoms with van der Waals surface area (Å²) in [5.74, 6) is -0.633. The van der Waals surface area contributed by atoms with Crippen molar-refractivity contribution in [1.82, 2.24) is 0 Å². The highest BCUT2D eigenvalue weighted by molar-refractivity contribution is 9.10. The maximum atomic E-state index is 12.1. The summed E-state index contributed by atoms with van der Waals surface area (Å²) in [4.78, 5) is 0. The van der Waals surface area contributed by atoms with Crippen LogP contribution >= 0.6 is 15.9 Å². The second kappa shape index (κ2) is 5.71. The van der Waals surface area contributed by atoms with Crippen molar-refractivity contribution in [3.05, 3.63) is 28.2 Å². The summed E-state index contributed by atoms with van der Waals surface area (Å²) in [7, 11) is 0. The summed E-state index contributed by atoms with van der Waals surface area (Å²) in [6.45, 7) is 0. The molecular formula is C9H8BrF3N4O. The summed E-state index contributed by atoms with van der Waals surface area (Å²) in [5, 5.41) is 6.78. The van der Waals surface area contributed by atoms with E-state index in [2.05, 4.69) is 30.9 Å². The summed E-state index contributed by atoms with van der Waals surface area (Å²) >= 11 is 2.94. The lowest BCUT2D eigenvalue weighted by Gasteiger charge is -2.10. The minimum absolute atomic E-state index is 0.166. The molecule has 0 amide bonds. The van der Waals surface area contributed by atoms with Gasteiger partial charge in [0.25, 0.3) is 0 Å². The van der Waals surface area contributed by atoms with Gasteiger partial charge in [-0.15, -0.1) is 18.3 Å². The van der Waals surface area contributed by atoms with E-state index in [4.69, 9.17) is 11.5 Å². The lowest BCUT2D eigenvalue weighted by Crippen LogP contribution is -2.21. The number of nitrogens with two attached hydrogens (primary N) is 2. The molecule has 98 valence electrons.